The first-order valence-corrected chi connectivity index (χ1v) is 9.52. The molecular weight excluding hydrogens is 358 g/mol. The molecule has 0 saturated carbocycles. The number of anilines is 1. The number of nitrogens with one attached hydrogen (secondary N) is 1. The van der Waals surface area contributed by atoms with E-state index < -0.39 is 0 Å². The quantitative estimate of drug-likeness (QED) is 0.706. The number of aryl methyl sites for hydroxylation is 1. The van der Waals surface area contributed by atoms with Gasteiger partial charge in [0.15, 0.2) is 0 Å². The van der Waals surface area contributed by atoms with Crippen molar-refractivity contribution in [2.24, 2.45) is 0 Å². The molecule has 1 aromatic carbocycles. The number of amides is 1. The van der Waals surface area contributed by atoms with Gasteiger partial charge in [-0.15, -0.1) is 11.3 Å². The summed E-state index contributed by atoms with van der Waals surface area (Å²) < 4.78 is 5.24. The molecule has 7 heteroatoms. The average Bonchev–Trinajstić information content (AvgIpc) is 3.00. The van der Waals surface area contributed by atoms with Crippen molar-refractivity contribution in [3.63, 3.8) is 0 Å². The first kappa shape index (κ1) is 19.7. The Hall–Kier alpha value is -1.63. The van der Waals surface area contributed by atoms with Crippen LogP contribution in [0.5, 0.6) is 5.75 Å². The largest absolute Gasteiger partial charge is 0.495 e. The molecule has 1 aromatic heterocycles. The van der Waals surface area contributed by atoms with Gasteiger partial charge >= 0.3 is 0 Å². The zero-order valence-electron chi connectivity index (χ0n) is 14.8. The predicted octanol–water partition coefficient (Wildman–Crippen LogP) is 4.22. The summed E-state index contributed by atoms with van der Waals surface area (Å²) in [4.78, 5) is 18.8. The molecule has 0 radical (unpaired) electrons. The van der Waals surface area contributed by atoms with E-state index >= 15 is 0 Å². The Labute approximate surface area is 158 Å². The number of hydrogen-bond donors (Lipinski definition) is 1. The molecule has 2 aromatic rings. The Balaban J connectivity index is 1.87. The van der Waals surface area contributed by atoms with E-state index in [0.29, 0.717) is 23.0 Å². The van der Waals surface area contributed by atoms with Gasteiger partial charge in [0, 0.05) is 16.9 Å². The Bertz CT molecular complexity index is 705. The average molecular weight is 382 g/mol. The van der Waals surface area contributed by atoms with Crippen LogP contribution in [0.4, 0.5) is 5.69 Å². The number of aromatic nitrogens is 1. The van der Waals surface area contributed by atoms with Crippen molar-refractivity contribution in [2.75, 3.05) is 26.0 Å². The summed E-state index contributed by atoms with van der Waals surface area (Å²) in [5.74, 6) is 0.463. The van der Waals surface area contributed by atoms with Crippen LogP contribution < -0.4 is 10.1 Å². The normalized spacial score (nSPS) is 10.9. The van der Waals surface area contributed by atoms with E-state index in [1.54, 1.807) is 36.6 Å². The van der Waals surface area contributed by atoms with E-state index in [2.05, 4.69) is 22.6 Å². The third-order valence-corrected chi connectivity index (χ3v) is 4.82. The van der Waals surface area contributed by atoms with E-state index in [1.807, 2.05) is 11.9 Å². The van der Waals surface area contributed by atoms with Crippen molar-refractivity contribution in [1.29, 1.82) is 0 Å². The zero-order chi connectivity index (χ0) is 18.2. The molecule has 0 atom stereocenters. The summed E-state index contributed by atoms with van der Waals surface area (Å²) >= 11 is 7.67. The van der Waals surface area contributed by atoms with Gasteiger partial charge in [0.05, 0.1) is 30.0 Å². The number of carbonyl (C=O) groups excluding carboxylic acids is 1. The van der Waals surface area contributed by atoms with Gasteiger partial charge < -0.3 is 10.1 Å². The highest BCUT2D eigenvalue weighted by atomic mass is 35.5. The maximum atomic E-state index is 12.3. The number of ether oxygens (including phenoxy) is 1. The Morgan fingerprint density at radius 3 is 2.96 bits per heavy atom. The van der Waals surface area contributed by atoms with Crippen molar-refractivity contribution in [1.82, 2.24) is 9.88 Å². The van der Waals surface area contributed by atoms with Crippen LogP contribution in [-0.2, 0) is 17.8 Å². The maximum absolute atomic E-state index is 12.3. The number of thiazole rings is 1. The predicted molar refractivity (Wildman–Crippen MR) is 104 cm³/mol. The van der Waals surface area contributed by atoms with Gasteiger partial charge in [-0.2, -0.15) is 0 Å². The van der Waals surface area contributed by atoms with Crippen LogP contribution in [-0.4, -0.2) is 36.5 Å². The van der Waals surface area contributed by atoms with Gasteiger partial charge in [-0.25, -0.2) is 4.98 Å². The third kappa shape index (κ3) is 6.30. The van der Waals surface area contributed by atoms with Crippen LogP contribution in [0.25, 0.3) is 0 Å². The summed E-state index contributed by atoms with van der Waals surface area (Å²) in [7, 11) is 3.46. The molecule has 0 fully saturated rings. The van der Waals surface area contributed by atoms with E-state index in [9.17, 15) is 4.79 Å². The second-order valence-corrected chi connectivity index (χ2v) is 7.28. The highest BCUT2D eigenvalue weighted by molar-refractivity contribution is 7.09. The van der Waals surface area contributed by atoms with Crippen LogP contribution in [0.2, 0.25) is 5.02 Å². The molecule has 1 N–H and O–H groups in total. The summed E-state index contributed by atoms with van der Waals surface area (Å²) in [5.41, 5.74) is 1.58. The minimum absolute atomic E-state index is 0.121. The molecule has 2 rings (SSSR count). The summed E-state index contributed by atoms with van der Waals surface area (Å²) in [6.07, 6.45) is 3.36. The van der Waals surface area contributed by atoms with Gasteiger partial charge in [-0.1, -0.05) is 24.9 Å². The Morgan fingerprint density at radius 2 is 2.24 bits per heavy atom. The second kappa shape index (κ2) is 9.75. The van der Waals surface area contributed by atoms with Gasteiger partial charge in [0.25, 0.3) is 0 Å². The van der Waals surface area contributed by atoms with E-state index in [0.717, 1.165) is 18.5 Å². The summed E-state index contributed by atoms with van der Waals surface area (Å²) in [6.45, 7) is 3.08. The first-order valence-electron chi connectivity index (χ1n) is 8.27. The number of halogens is 1. The van der Waals surface area contributed by atoms with Crippen molar-refractivity contribution in [3.05, 3.63) is 39.3 Å². The molecule has 0 bridgehead atoms. The molecule has 1 amide bonds. The number of nitrogens with zero attached hydrogens (tertiary/aromatic N) is 2. The van der Waals surface area contributed by atoms with Crippen molar-refractivity contribution < 1.29 is 9.53 Å². The fraction of sp³-hybridized carbons (Fsp3) is 0.444. The highest BCUT2D eigenvalue weighted by Gasteiger charge is 2.12. The molecule has 0 aliphatic heterocycles. The lowest BCUT2D eigenvalue weighted by Crippen LogP contribution is -2.30. The maximum Gasteiger partial charge on any atom is 0.238 e. The molecule has 0 aliphatic carbocycles. The lowest BCUT2D eigenvalue weighted by molar-refractivity contribution is -0.117. The number of benzene rings is 1. The molecule has 0 unspecified atom stereocenters. The van der Waals surface area contributed by atoms with E-state index in [4.69, 9.17) is 16.3 Å². The highest BCUT2D eigenvalue weighted by Crippen LogP contribution is 2.27. The third-order valence-electron chi connectivity index (χ3n) is 3.62. The fourth-order valence-corrected chi connectivity index (χ4v) is 3.41. The number of likely N-dealkylation sites (N-methyl/N-ethyl adjacent to an activating group) is 1. The fourth-order valence-electron chi connectivity index (χ4n) is 2.41. The van der Waals surface area contributed by atoms with Crippen LogP contribution in [0.1, 0.15) is 30.5 Å². The zero-order valence-corrected chi connectivity index (χ0v) is 16.4. The molecule has 1 heterocycles. The molecule has 25 heavy (non-hydrogen) atoms. The van der Waals surface area contributed by atoms with Crippen molar-refractivity contribution in [2.45, 2.75) is 32.7 Å². The van der Waals surface area contributed by atoms with Crippen LogP contribution in [0, 0.1) is 0 Å². The number of unbranched alkanes of at least 4 members (excludes halogenated alkanes) is 1. The minimum atomic E-state index is -0.121. The lowest BCUT2D eigenvalue weighted by atomic mass is 10.3. The standard InChI is InChI=1S/C18H24ClN3O2S/c1-4-5-6-18-20-14(12-25-18)10-22(2)11-17(23)21-15-9-13(19)7-8-16(15)24-3/h7-9,12H,4-6,10-11H2,1-3H3,(H,21,23). The SMILES string of the molecule is CCCCc1nc(CN(C)CC(=O)Nc2cc(Cl)ccc2OC)cs1. The molecule has 0 aliphatic rings. The molecule has 5 nitrogen and oxygen atoms in total. The minimum Gasteiger partial charge on any atom is -0.495 e. The second-order valence-electron chi connectivity index (χ2n) is 5.90. The van der Waals surface area contributed by atoms with Gasteiger partial charge in [0.1, 0.15) is 5.75 Å². The Morgan fingerprint density at radius 1 is 1.44 bits per heavy atom. The van der Waals surface area contributed by atoms with Gasteiger partial charge in [0.2, 0.25) is 5.91 Å². The van der Waals surface area contributed by atoms with Crippen molar-refractivity contribution in [3.8, 4) is 5.75 Å². The number of carbonyl (C=O) groups is 1. The van der Waals surface area contributed by atoms with E-state index in [-0.39, 0.29) is 12.5 Å². The van der Waals surface area contributed by atoms with Gasteiger partial charge in [-0.3, -0.25) is 9.69 Å². The van der Waals surface area contributed by atoms with Crippen LogP contribution in [0.3, 0.4) is 0 Å². The number of rotatable bonds is 9. The number of methoxy groups -OCH3 is 1. The topological polar surface area (TPSA) is 54.5 Å². The van der Waals surface area contributed by atoms with Crippen LogP contribution in [0.15, 0.2) is 23.6 Å². The molecule has 0 spiro atoms. The monoisotopic (exact) mass is 381 g/mol. The smallest absolute Gasteiger partial charge is 0.238 e. The van der Waals surface area contributed by atoms with Crippen molar-refractivity contribution >= 4 is 34.5 Å². The Kier molecular flexibility index (Phi) is 7.68. The first-order chi connectivity index (χ1) is 12.0. The summed E-state index contributed by atoms with van der Waals surface area (Å²) in [6, 6.07) is 5.13. The van der Waals surface area contributed by atoms with Gasteiger partial charge in [-0.05, 0) is 38.1 Å². The molecule has 136 valence electrons. The molecular formula is C18H24ClN3O2S. The lowest BCUT2D eigenvalue weighted by Gasteiger charge is -2.16. The van der Waals surface area contributed by atoms with E-state index in [1.165, 1.54) is 11.4 Å². The number of hydrogen-bond acceptors (Lipinski definition) is 5. The summed E-state index contributed by atoms with van der Waals surface area (Å²) in [5, 5.41) is 6.63. The molecule has 0 saturated heterocycles. The van der Waals surface area contributed by atoms with Crippen LogP contribution >= 0.6 is 22.9 Å².